The van der Waals surface area contributed by atoms with Crippen molar-refractivity contribution in [3.05, 3.63) is 44.7 Å². The highest BCUT2D eigenvalue weighted by Gasteiger charge is 2.37. The fourth-order valence-electron chi connectivity index (χ4n) is 2.36. The molecule has 0 radical (unpaired) electrons. The molecule has 1 fully saturated rings. The van der Waals surface area contributed by atoms with E-state index in [0.717, 1.165) is 10.0 Å². The highest BCUT2D eigenvalue weighted by molar-refractivity contribution is 9.10. The van der Waals surface area contributed by atoms with Crippen LogP contribution in [0.15, 0.2) is 33.9 Å². The van der Waals surface area contributed by atoms with Crippen LogP contribution in [0, 0.1) is 0 Å². The third kappa shape index (κ3) is 5.40. The minimum Gasteiger partial charge on any atom is -0.444 e. The average molecular weight is 397 g/mol. The Kier molecular flexibility index (Phi) is 6.10. The van der Waals surface area contributed by atoms with Crippen LogP contribution < -0.4 is 0 Å². The Bertz CT molecular complexity index is 623. The van der Waals surface area contributed by atoms with Crippen molar-refractivity contribution in [3.8, 4) is 0 Å². The zero-order valence-electron chi connectivity index (χ0n) is 14.0. The molecule has 0 N–H and O–H groups in total. The summed E-state index contributed by atoms with van der Waals surface area (Å²) in [4.78, 5) is 16.6. The number of nitrogens with zero attached hydrogens (tertiary/aromatic N) is 4. The highest BCUT2D eigenvalue weighted by atomic mass is 79.9. The van der Waals surface area contributed by atoms with Crippen LogP contribution in [0.1, 0.15) is 26.3 Å². The summed E-state index contributed by atoms with van der Waals surface area (Å²) in [5.74, 6) is 0. The lowest BCUT2D eigenvalue weighted by atomic mass is 10.2. The van der Waals surface area contributed by atoms with Gasteiger partial charge in [-0.25, -0.2) is 4.79 Å². The maximum atomic E-state index is 12.2. The molecule has 1 saturated heterocycles. The van der Waals surface area contributed by atoms with Crippen LogP contribution in [-0.2, 0) is 16.1 Å². The lowest BCUT2D eigenvalue weighted by Gasteiger charge is -2.24. The Morgan fingerprint density at radius 2 is 2.04 bits per heavy atom. The number of hydrogen-bond donors (Lipinski definition) is 0. The van der Waals surface area contributed by atoms with Crippen LogP contribution >= 0.6 is 15.9 Å². The number of rotatable bonds is 4. The second-order valence-electron chi connectivity index (χ2n) is 6.63. The fourth-order valence-corrected chi connectivity index (χ4v) is 2.62. The summed E-state index contributed by atoms with van der Waals surface area (Å²) in [6, 6.07) is 7.36. The Morgan fingerprint density at radius 3 is 2.62 bits per heavy atom. The number of halogens is 1. The fraction of sp³-hybridized carbons (Fsp3) is 0.562. The summed E-state index contributed by atoms with van der Waals surface area (Å²) in [6.45, 7) is 6.46. The van der Waals surface area contributed by atoms with Crippen LogP contribution in [0.3, 0.4) is 0 Å². The molecule has 1 aromatic rings. The first kappa shape index (κ1) is 18.6. The monoisotopic (exact) mass is 396 g/mol. The molecular weight excluding hydrogens is 376 g/mol. The number of amides is 1. The smallest absolute Gasteiger partial charge is 0.410 e. The number of likely N-dealkylation sites (tertiary alicyclic amines) is 1. The van der Waals surface area contributed by atoms with Gasteiger partial charge in [0.25, 0.3) is 0 Å². The molecular formula is C16H21BrN4O3. The maximum Gasteiger partial charge on any atom is 0.410 e. The average Bonchev–Trinajstić information content (AvgIpc) is 2.89. The van der Waals surface area contributed by atoms with Gasteiger partial charge in [-0.15, -0.1) is 0 Å². The number of hydrogen-bond acceptors (Lipinski definition) is 4. The minimum absolute atomic E-state index is 0.296. The van der Waals surface area contributed by atoms with Gasteiger partial charge in [-0.2, -0.15) is 0 Å². The molecule has 1 aliphatic rings. The van der Waals surface area contributed by atoms with Gasteiger partial charge in [-0.3, -0.25) is 0 Å². The molecule has 130 valence electrons. The van der Waals surface area contributed by atoms with Crippen molar-refractivity contribution >= 4 is 22.0 Å². The largest absolute Gasteiger partial charge is 0.444 e. The van der Waals surface area contributed by atoms with E-state index in [2.05, 4.69) is 26.0 Å². The standard InChI is InChI=1S/C16H21BrN4O3/c1-16(2,3)24-15(22)21-8-13(19-20-18)14(9-21)23-10-11-4-6-12(17)7-5-11/h4-7,13-14H,8-10H2,1-3H3/t13-,14-/m1/s1. The van der Waals surface area contributed by atoms with E-state index in [9.17, 15) is 4.79 Å². The van der Waals surface area contributed by atoms with E-state index in [-0.39, 0.29) is 6.10 Å². The molecule has 7 nitrogen and oxygen atoms in total. The van der Waals surface area contributed by atoms with E-state index < -0.39 is 17.7 Å². The lowest BCUT2D eigenvalue weighted by molar-refractivity contribution is 0.0172. The van der Waals surface area contributed by atoms with Crippen molar-refractivity contribution in [2.75, 3.05) is 13.1 Å². The second kappa shape index (κ2) is 7.88. The van der Waals surface area contributed by atoms with Gasteiger partial charge in [0.1, 0.15) is 5.60 Å². The van der Waals surface area contributed by atoms with E-state index in [1.54, 1.807) is 0 Å². The molecule has 0 aromatic heterocycles. The topological polar surface area (TPSA) is 87.5 Å². The number of carbonyl (C=O) groups excluding carboxylic acids is 1. The summed E-state index contributed by atoms with van der Waals surface area (Å²) in [5, 5.41) is 3.76. The van der Waals surface area contributed by atoms with Gasteiger partial charge in [-0.1, -0.05) is 33.2 Å². The third-order valence-corrected chi connectivity index (χ3v) is 3.99. The lowest BCUT2D eigenvalue weighted by Crippen LogP contribution is -2.36. The zero-order valence-corrected chi connectivity index (χ0v) is 15.6. The van der Waals surface area contributed by atoms with Gasteiger partial charge in [0.2, 0.25) is 0 Å². The van der Waals surface area contributed by atoms with Crippen molar-refractivity contribution in [1.29, 1.82) is 0 Å². The van der Waals surface area contributed by atoms with Crippen molar-refractivity contribution in [1.82, 2.24) is 4.90 Å². The second-order valence-corrected chi connectivity index (χ2v) is 7.55. The number of azide groups is 1. The van der Waals surface area contributed by atoms with Crippen LogP contribution in [0.2, 0.25) is 0 Å². The maximum absolute atomic E-state index is 12.2. The molecule has 8 heteroatoms. The Balaban J connectivity index is 1.98. The highest BCUT2D eigenvalue weighted by Crippen LogP contribution is 2.21. The van der Waals surface area contributed by atoms with Crippen LogP contribution in [0.4, 0.5) is 4.79 Å². The van der Waals surface area contributed by atoms with Gasteiger partial charge in [0, 0.05) is 15.9 Å². The molecule has 0 unspecified atom stereocenters. The van der Waals surface area contributed by atoms with Crippen molar-refractivity contribution in [2.45, 2.75) is 45.1 Å². The summed E-state index contributed by atoms with van der Waals surface area (Å²) in [5.41, 5.74) is 9.17. The first-order valence-corrected chi connectivity index (χ1v) is 8.46. The first-order valence-electron chi connectivity index (χ1n) is 7.66. The van der Waals surface area contributed by atoms with Crippen molar-refractivity contribution in [2.24, 2.45) is 5.11 Å². The molecule has 2 atom stereocenters. The van der Waals surface area contributed by atoms with Crippen LogP contribution in [-0.4, -0.2) is 41.8 Å². The Morgan fingerprint density at radius 1 is 1.38 bits per heavy atom. The first-order chi connectivity index (χ1) is 11.3. The molecule has 24 heavy (non-hydrogen) atoms. The SMILES string of the molecule is CC(C)(C)OC(=O)N1C[C@@H](N=[N+]=[N-])[C@H](OCc2ccc(Br)cc2)C1. The minimum atomic E-state index is -0.568. The van der Waals surface area contributed by atoms with Crippen molar-refractivity contribution < 1.29 is 14.3 Å². The molecule has 1 heterocycles. The summed E-state index contributed by atoms with van der Waals surface area (Å²) in [6.07, 6.45) is -0.771. The number of carbonyl (C=O) groups is 1. The van der Waals surface area contributed by atoms with Crippen LogP contribution in [0.5, 0.6) is 0 Å². The molecule has 0 spiro atoms. The molecule has 1 amide bonds. The zero-order chi connectivity index (χ0) is 17.7. The summed E-state index contributed by atoms with van der Waals surface area (Å²) in [7, 11) is 0. The molecule has 0 aliphatic carbocycles. The molecule has 0 bridgehead atoms. The molecule has 2 rings (SSSR count). The number of ether oxygens (including phenoxy) is 2. The normalized spacial score (nSPS) is 20.6. The van der Waals surface area contributed by atoms with E-state index in [1.165, 1.54) is 4.90 Å². The molecule has 0 saturated carbocycles. The van der Waals surface area contributed by atoms with Gasteiger partial charge < -0.3 is 14.4 Å². The Hall–Kier alpha value is -1.76. The van der Waals surface area contributed by atoms with E-state index >= 15 is 0 Å². The summed E-state index contributed by atoms with van der Waals surface area (Å²) >= 11 is 3.39. The predicted molar refractivity (Wildman–Crippen MR) is 93.5 cm³/mol. The van der Waals surface area contributed by atoms with E-state index in [0.29, 0.717) is 19.7 Å². The third-order valence-electron chi connectivity index (χ3n) is 3.47. The van der Waals surface area contributed by atoms with Gasteiger partial charge in [-0.05, 0) is 44.0 Å². The van der Waals surface area contributed by atoms with Crippen molar-refractivity contribution in [3.63, 3.8) is 0 Å². The quantitative estimate of drug-likeness (QED) is 0.432. The molecule has 1 aliphatic heterocycles. The Labute approximate surface area is 149 Å². The van der Waals surface area contributed by atoms with Gasteiger partial charge in [0.05, 0.1) is 25.3 Å². The molecule has 1 aromatic carbocycles. The van der Waals surface area contributed by atoms with E-state index in [1.807, 2.05) is 45.0 Å². The van der Waals surface area contributed by atoms with E-state index in [4.69, 9.17) is 15.0 Å². The predicted octanol–water partition coefficient (Wildman–Crippen LogP) is 4.26. The van der Waals surface area contributed by atoms with Gasteiger partial charge in [0.15, 0.2) is 0 Å². The van der Waals surface area contributed by atoms with Gasteiger partial charge >= 0.3 is 6.09 Å². The summed E-state index contributed by atoms with van der Waals surface area (Å²) < 4.78 is 12.2. The number of benzene rings is 1. The van der Waals surface area contributed by atoms with Crippen LogP contribution in [0.25, 0.3) is 10.4 Å².